The molecule has 0 aliphatic rings. The van der Waals surface area contributed by atoms with Crippen LogP contribution in [0.2, 0.25) is 0 Å². The minimum Gasteiger partial charge on any atom is -0.411 e. The van der Waals surface area contributed by atoms with Gasteiger partial charge in [-0.3, -0.25) is 0 Å². The van der Waals surface area contributed by atoms with Crippen LogP contribution in [0.3, 0.4) is 0 Å². The van der Waals surface area contributed by atoms with E-state index in [4.69, 9.17) is 9.94 Å². The second-order valence-electron chi connectivity index (χ2n) is 3.77. The molecule has 1 heterocycles. The van der Waals surface area contributed by atoms with Crippen LogP contribution in [0, 0.1) is 0 Å². The Balaban J connectivity index is 2.57. The van der Waals surface area contributed by atoms with Crippen molar-refractivity contribution < 1.29 is 14.5 Å². The first-order chi connectivity index (χ1) is 7.77. The molecule has 1 aromatic rings. The van der Waals surface area contributed by atoms with Gasteiger partial charge in [0, 0.05) is 25.8 Å². The third-order valence-electron chi connectivity index (χ3n) is 2.51. The first kappa shape index (κ1) is 12.6. The number of oxime groups is 1. The predicted octanol–water partition coefficient (Wildman–Crippen LogP) is 1.29. The quantitative estimate of drug-likeness (QED) is 0.260. The first-order valence-corrected chi connectivity index (χ1v) is 5.43. The number of ether oxygens (including phenoxy) is 1. The zero-order valence-electron chi connectivity index (χ0n) is 9.89. The molecule has 0 atom stereocenters. The molecule has 0 unspecified atom stereocenters. The first-order valence-electron chi connectivity index (χ1n) is 5.43. The summed E-state index contributed by atoms with van der Waals surface area (Å²) < 4.78 is 6.92. The van der Waals surface area contributed by atoms with E-state index >= 15 is 0 Å². The number of rotatable bonds is 6. The highest BCUT2D eigenvalue weighted by Gasteiger charge is 2.05. The molecule has 0 aliphatic heterocycles. The van der Waals surface area contributed by atoms with Crippen LogP contribution in [0.4, 0.5) is 0 Å². The molecule has 0 saturated carbocycles. The maximum absolute atomic E-state index is 8.52. The van der Waals surface area contributed by atoms with Gasteiger partial charge < -0.3 is 9.94 Å². The van der Waals surface area contributed by atoms with Crippen molar-refractivity contribution in [3.8, 4) is 0 Å². The molecule has 1 aromatic heterocycles. The van der Waals surface area contributed by atoms with E-state index in [-0.39, 0.29) is 0 Å². The molecule has 0 fully saturated rings. The highest BCUT2D eigenvalue weighted by Crippen LogP contribution is 2.04. The molecule has 88 valence electrons. The second-order valence-corrected chi connectivity index (χ2v) is 3.77. The lowest BCUT2D eigenvalue weighted by Crippen LogP contribution is -2.33. The van der Waals surface area contributed by atoms with E-state index in [9.17, 15) is 0 Å². The van der Waals surface area contributed by atoms with Crippen LogP contribution in [0.1, 0.15) is 24.1 Å². The smallest absolute Gasteiger partial charge is 0.227 e. The number of unbranched alkanes of at least 4 members (excludes halogenated alkanes) is 1. The largest absolute Gasteiger partial charge is 0.411 e. The fourth-order valence-corrected chi connectivity index (χ4v) is 1.55. The molecule has 4 heteroatoms. The summed E-state index contributed by atoms with van der Waals surface area (Å²) in [4.78, 5) is 0. The van der Waals surface area contributed by atoms with Crippen molar-refractivity contribution in [2.75, 3.05) is 13.7 Å². The molecule has 0 bridgehead atoms. The lowest BCUT2D eigenvalue weighted by molar-refractivity contribution is -0.672. The fourth-order valence-electron chi connectivity index (χ4n) is 1.55. The molecule has 1 N–H and O–H groups in total. The van der Waals surface area contributed by atoms with Crippen molar-refractivity contribution in [1.29, 1.82) is 0 Å². The van der Waals surface area contributed by atoms with Gasteiger partial charge in [-0.1, -0.05) is 5.16 Å². The Hall–Kier alpha value is -1.42. The van der Waals surface area contributed by atoms with Crippen LogP contribution in [0.5, 0.6) is 0 Å². The number of hydrogen-bond donors (Lipinski definition) is 1. The van der Waals surface area contributed by atoms with Crippen molar-refractivity contribution in [3.05, 3.63) is 29.6 Å². The number of aryl methyl sites for hydroxylation is 2. The van der Waals surface area contributed by atoms with Gasteiger partial charge in [0.15, 0.2) is 6.20 Å². The summed E-state index contributed by atoms with van der Waals surface area (Å²) in [5.41, 5.74) is 2.15. The van der Waals surface area contributed by atoms with Gasteiger partial charge in [0.25, 0.3) is 0 Å². The Morgan fingerprint density at radius 1 is 1.50 bits per heavy atom. The Bertz CT molecular complexity index is 351. The van der Waals surface area contributed by atoms with Crippen molar-refractivity contribution >= 4 is 6.21 Å². The van der Waals surface area contributed by atoms with E-state index < -0.39 is 0 Å². The van der Waals surface area contributed by atoms with Crippen molar-refractivity contribution in [1.82, 2.24) is 0 Å². The zero-order valence-corrected chi connectivity index (χ0v) is 9.89. The number of hydrogen-bond acceptors (Lipinski definition) is 3. The maximum Gasteiger partial charge on any atom is 0.227 e. The van der Waals surface area contributed by atoms with Crippen LogP contribution < -0.4 is 4.57 Å². The van der Waals surface area contributed by atoms with Crippen molar-refractivity contribution in [3.63, 3.8) is 0 Å². The van der Waals surface area contributed by atoms with Gasteiger partial charge in [0.05, 0.1) is 0 Å². The summed E-state index contributed by atoms with van der Waals surface area (Å²) in [5.74, 6) is 0. The summed E-state index contributed by atoms with van der Waals surface area (Å²) in [6.07, 6.45) is 6.62. The van der Waals surface area contributed by atoms with Crippen molar-refractivity contribution in [2.24, 2.45) is 12.2 Å². The summed E-state index contributed by atoms with van der Waals surface area (Å²) >= 11 is 0. The van der Waals surface area contributed by atoms with Gasteiger partial charge in [-0.15, -0.1) is 0 Å². The van der Waals surface area contributed by atoms with Crippen LogP contribution in [0.15, 0.2) is 23.5 Å². The number of nitrogens with zero attached hydrogens (tertiary/aromatic N) is 2. The van der Waals surface area contributed by atoms with E-state index in [1.807, 2.05) is 23.9 Å². The second kappa shape index (κ2) is 6.95. The van der Waals surface area contributed by atoms with Crippen LogP contribution in [-0.2, 0) is 18.2 Å². The van der Waals surface area contributed by atoms with E-state index in [1.165, 1.54) is 11.8 Å². The number of aromatic nitrogens is 1. The van der Waals surface area contributed by atoms with E-state index in [1.54, 1.807) is 7.11 Å². The van der Waals surface area contributed by atoms with Crippen molar-refractivity contribution in [2.45, 2.75) is 19.3 Å². The average Bonchev–Trinajstić information content (AvgIpc) is 2.29. The molecule has 1 rings (SSSR count). The molecule has 0 aliphatic carbocycles. The van der Waals surface area contributed by atoms with Gasteiger partial charge in [-0.2, -0.15) is 0 Å². The van der Waals surface area contributed by atoms with E-state index in [0.717, 1.165) is 31.6 Å². The maximum atomic E-state index is 8.52. The lowest BCUT2D eigenvalue weighted by Gasteiger charge is -2.01. The molecule has 0 amide bonds. The van der Waals surface area contributed by atoms with Gasteiger partial charge in [-0.25, -0.2) is 4.57 Å². The number of methoxy groups -OCH3 is 1. The molecular formula is C12H19N2O2+. The average molecular weight is 223 g/mol. The molecule has 0 aromatic carbocycles. The van der Waals surface area contributed by atoms with Gasteiger partial charge in [-0.05, 0) is 24.8 Å². The minimum atomic E-state index is 0.811. The molecule has 4 nitrogen and oxygen atoms in total. The molecule has 0 spiro atoms. The van der Waals surface area contributed by atoms with Gasteiger partial charge in [0.2, 0.25) is 5.69 Å². The topological polar surface area (TPSA) is 45.7 Å². The summed E-state index contributed by atoms with van der Waals surface area (Å²) in [7, 11) is 3.64. The molecule has 0 radical (unpaired) electrons. The summed E-state index contributed by atoms with van der Waals surface area (Å²) in [6.45, 7) is 0.811. The summed E-state index contributed by atoms with van der Waals surface area (Å²) in [6, 6.07) is 4.12. The van der Waals surface area contributed by atoms with E-state index in [2.05, 4.69) is 11.2 Å². The minimum absolute atomic E-state index is 0.811. The Morgan fingerprint density at radius 2 is 2.31 bits per heavy atom. The number of pyridine rings is 1. The Morgan fingerprint density at radius 3 is 3.00 bits per heavy atom. The zero-order chi connectivity index (χ0) is 11.8. The lowest BCUT2D eigenvalue weighted by atomic mass is 10.1. The van der Waals surface area contributed by atoms with Crippen LogP contribution in [0.25, 0.3) is 0 Å². The van der Waals surface area contributed by atoms with Crippen LogP contribution in [-0.4, -0.2) is 25.1 Å². The Kier molecular flexibility index (Phi) is 5.50. The fraction of sp³-hybridized carbons (Fsp3) is 0.500. The third-order valence-corrected chi connectivity index (χ3v) is 2.51. The highest BCUT2D eigenvalue weighted by molar-refractivity contribution is 5.74. The SMILES string of the molecule is COCCCCc1cc[n+](C)c(/C=N/O)c1. The van der Waals surface area contributed by atoms with Crippen LogP contribution >= 0.6 is 0 Å². The van der Waals surface area contributed by atoms with Gasteiger partial charge >= 0.3 is 0 Å². The highest BCUT2D eigenvalue weighted by atomic mass is 16.5. The molecule has 0 saturated heterocycles. The Labute approximate surface area is 96.2 Å². The van der Waals surface area contributed by atoms with E-state index in [0.29, 0.717) is 0 Å². The van der Waals surface area contributed by atoms with Gasteiger partial charge in [0.1, 0.15) is 13.3 Å². The summed E-state index contributed by atoms with van der Waals surface area (Å²) in [5, 5.41) is 11.6. The normalized spacial score (nSPS) is 11.1. The predicted molar refractivity (Wildman–Crippen MR) is 61.8 cm³/mol. The monoisotopic (exact) mass is 223 g/mol. The third kappa shape index (κ3) is 3.98. The molecular weight excluding hydrogens is 204 g/mol. The standard InChI is InChI=1S/C12H18N2O2/c1-14-7-6-11(5-3-4-8-16-2)9-12(14)10-13-15/h6-7,9-10H,3-5,8H2,1-2H3/p+1. The molecule has 16 heavy (non-hydrogen) atoms.